The van der Waals surface area contributed by atoms with Gasteiger partial charge in [0.05, 0.1) is 4.90 Å². The van der Waals surface area contributed by atoms with Crippen LogP contribution in [0.1, 0.15) is 25.8 Å². The van der Waals surface area contributed by atoms with Gasteiger partial charge in [-0.15, -0.1) is 12.4 Å². The first-order valence-corrected chi connectivity index (χ1v) is 7.64. The van der Waals surface area contributed by atoms with Crippen molar-refractivity contribution in [3.05, 3.63) is 29.8 Å². The van der Waals surface area contributed by atoms with Crippen LogP contribution >= 0.6 is 12.4 Å². The Balaban J connectivity index is 0.00000324. The Kier molecular flexibility index (Phi) is 7.59. The van der Waals surface area contributed by atoms with Gasteiger partial charge in [-0.25, -0.2) is 8.42 Å². The van der Waals surface area contributed by atoms with E-state index in [1.54, 1.807) is 26.1 Å². The first kappa shape index (κ1) is 18.4. The van der Waals surface area contributed by atoms with Gasteiger partial charge in [0.2, 0.25) is 10.0 Å². The molecule has 0 aliphatic rings. The fourth-order valence-electron chi connectivity index (χ4n) is 1.67. The molecule has 0 amide bonds. The molecule has 19 heavy (non-hydrogen) atoms. The number of nitrogens with zero attached hydrogens (tertiary/aromatic N) is 1. The molecule has 6 heteroatoms. The highest BCUT2D eigenvalue weighted by Crippen LogP contribution is 2.17. The molecule has 0 aromatic heterocycles. The standard InChI is InChI=1S/C13H22N2O2S.ClH/c1-4-5-12-6-8-13(9-7-12)18(16,17)15(3)11(2)10-14;/h6-9,11H,4-5,10,14H2,1-3H3;1H. The van der Waals surface area contributed by atoms with Gasteiger partial charge in [-0.05, 0) is 31.0 Å². The third-order valence-corrected chi connectivity index (χ3v) is 5.09. The SMILES string of the molecule is CCCc1ccc(S(=O)(=O)N(C)C(C)CN)cc1.Cl. The van der Waals surface area contributed by atoms with E-state index >= 15 is 0 Å². The minimum absolute atomic E-state index is 0. The van der Waals surface area contributed by atoms with E-state index in [4.69, 9.17) is 5.73 Å². The van der Waals surface area contributed by atoms with Gasteiger partial charge in [-0.1, -0.05) is 25.5 Å². The number of sulfonamides is 1. The van der Waals surface area contributed by atoms with Gasteiger partial charge < -0.3 is 5.73 Å². The van der Waals surface area contributed by atoms with Gasteiger partial charge in [-0.2, -0.15) is 4.31 Å². The zero-order valence-electron chi connectivity index (χ0n) is 11.7. The van der Waals surface area contributed by atoms with E-state index in [1.165, 1.54) is 4.31 Å². The monoisotopic (exact) mass is 306 g/mol. The van der Waals surface area contributed by atoms with Gasteiger partial charge in [0, 0.05) is 19.6 Å². The average Bonchev–Trinajstić information content (AvgIpc) is 2.38. The predicted molar refractivity (Wildman–Crippen MR) is 81.2 cm³/mol. The van der Waals surface area contributed by atoms with Crippen LogP contribution in [0.3, 0.4) is 0 Å². The first-order chi connectivity index (χ1) is 8.43. The van der Waals surface area contributed by atoms with E-state index in [-0.39, 0.29) is 18.4 Å². The molecule has 0 saturated heterocycles. The Morgan fingerprint density at radius 3 is 2.21 bits per heavy atom. The summed E-state index contributed by atoms with van der Waals surface area (Å²) >= 11 is 0. The summed E-state index contributed by atoms with van der Waals surface area (Å²) in [5.41, 5.74) is 6.66. The highest BCUT2D eigenvalue weighted by atomic mass is 35.5. The minimum Gasteiger partial charge on any atom is -0.329 e. The van der Waals surface area contributed by atoms with Gasteiger partial charge >= 0.3 is 0 Å². The number of aryl methyl sites for hydroxylation is 1. The van der Waals surface area contributed by atoms with Crippen LogP contribution in [0.5, 0.6) is 0 Å². The first-order valence-electron chi connectivity index (χ1n) is 6.20. The summed E-state index contributed by atoms with van der Waals surface area (Å²) < 4.78 is 25.9. The highest BCUT2D eigenvalue weighted by molar-refractivity contribution is 7.89. The average molecular weight is 307 g/mol. The van der Waals surface area contributed by atoms with Gasteiger partial charge in [0.25, 0.3) is 0 Å². The second-order valence-electron chi connectivity index (χ2n) is 4.50. The number of rotatable bonds is 6. The molecule has 0 fully saturated rings. The smallest absolute Gasteiger partial charge is 0.243 e. The van der Waals surface area contributed by atoms with Crippen LogP contribution in [0.15, 0.2) is 29.2 Å². The quantitative estimate of drug-likeness (QED) is 0.874. The van der Waals surface area contributed by atoms with E-state index in [1.807, 2.05) is 12.1 Å². The van der Waals surface area contributed by atoms with Crippen LogP contribution in [0, 0.1) is 0 Å². The van der Waals surface area contributed by atoms with E-state index < -0.39 is 10.0 Å². The lowest BCUT2D eigenvalue weighted by Gasteiger charge is -2.23. The fourth-order valence-corrected chi connectivity index (χ4v) is 3.04. The van der Waals surface area contributed by atoms with Crippen molar-refractivity contribution >= 4 is 22.4 Å². The van der Waals surface area contributed by atoms with E-state index in [0.717, 1.165) is 18.4 Å². The summed E-state index contributed by atoms with van der Waals surface area (Å²) in [6.45, 7) is 4.20. The summed E-state index contributed by atoms with van der Waals surface area (Å²) in [4.78, 5) is 0.324. The normalized spacial score (nSPS) is 13.1. The molecule has 4 nitrogen and oxygen atoms in total. The van der Waals surface area contributed by atoms with Crippen LogP contribution in [-0.4, -0.2) is 32.4 Å². The molecule has 1 rings (SSSR count). The maximum absolute atomic E-state index is 12.3. The lowest BCUT2D eigenvalue weighted by Crippen LogP contribution is -2.39. The maximum atomic E-state index is 12.3. The lowest BCUT2D eigenvalue weighted by atomic mass is 10.1. The second-order valence-corrected chi connectivity index (χ2v) is 6.50. The lowest BCUT2D eigenvalue weighted by molar-refractivity contribution is 0.394. The molecule has 0 radical (unpaired) electrons. The van der Waals surface area contributed by atoms with Crippen LogP contribution in [0.4, 0.5) is 0 Å². The van der Waals surface area contributed by atoms with Gasteiger partial charge in [0.1, 0.15) is 0 Å². The van der Waals surface area contributed by atoms with E-state index in [0.29, 0.717) is 11.4 Å². The van der Waals surface area contributed by atoms with Crippen LogP contribution in [0.25, 0.3) is 0 Å². The molecule has 0 aliphatic heterocycles. The van der Waals surface area contributed by atoms with Crippen LogP contribution in [-0.2, 0) is 16.4 Å². The Bertz CT molecular complexity index is 474. The van der Waals surface area contributed by atoms with E-state index in [2.05, 4.69) is 6.92 Å². The molecule has 110 valence electrons. The molecule has 1 aromatic carbocycles. The Morgan fingerprint density at radius 1 is 1.26 bits per heavy atom. The number of benzene rings is 1. The predicted octanol–water partition coefficient (Wildman–Crippen LogP) is 2.03. The number of hydrogen-bond donors (Lipinski definition) is 1. The summed E-state index contributed by atoms with van der Waals surface area (Å²) in [7, 11) is -1.87. The van der Waals surface area contributed by atoms with Crippen LogP contribution < -0.4 is 5.73 Å². The van der Waals surface area contributed by atoms with Gasteiger partial charge in [-0.3, -0.25) is 0 Å². The van der Waals surface area contributed by atoms with Crippen LogP contribution in [0.2, 0.25) is 0 Å². The van der Waals surface area contributed by atoms with Crippen molar-refractivity contribution in [1.29, 1.82) is 0 Å². The van der Waals surface area contributed by atoms with Crippen molar-refractivity contribution < 1.29 is 8.42 Å². The number of hydrogen-bond acceptors (Lipinski definition) is 3. The van der Waals surface area contributed by atoms with Crippen molar-refractivity contribution in [3.8, 4) is 0 Å². The van der Waals surface area contributed by atoms with Crippen molar-refractivity contribution in [3.63, 3.8) is 0 Å². The second kappa shape index (κ2) is 7.85. The molecule has 0 aliphatic carbocycles. The molecule has 0 heterocycles. The molecular formula is C13H23ClN2O2S. The number of halogens is 1. The van der Waals surface area contributed by atoms with Crippen molar-refractivity contribution in [2.75, 3.05) is 13.6 Å². The van der Waals surface area contributed by atoms with Crippen molar-refractivity contribution in [2.45, 2.75) is 37.6 Å². The zero-order valence-corrected chi connectivity index (χ0v) is 13.3. The topological polar surface area (TPSA) is 63.4 Å². The molecule has 0 spiro atoms. The largest absolute Gasteiger partial charge is 0.329 e. The molecular weight excluding hydrogens is 284 g/mol. The molecule has 2 N–H and O–H groups in total. The van der Waals surface area contributed by atoms with Crippen molar-refractivity contribution in [2.24, 2.45) is 5.73 Å². The Labute approximate surface area is 122 Å². The Morgan fingerprint density at radius 2 is 1.79 bits per heavy atom. The maximum Gasteiger partial charge on any atom is 0.243 e. The molecule has 0 bridgehead atoms. The molecule has 0 saturated carbocycles. The summed E-state index contributed by atoms with van der Waals surface area (Å²) in [5, 5.41) is 0. The summed E-state index contributed by atoms with van der Waals surface area (Å²) in [5.74, 6) is 0. The van der Waals surface area contributed by atoms with E-state index in [9.17, 15) is 8.42 Å². The van der Waals surface area contributed by atoms with Gasteiger partial charge in [0.15, 0.2) is 0 Å². The molecule has 1 atom stereocenters. The number of nitrogens with two attached hydrogens (primary N) is 1. The number of likely N-dealkylation sites (N-methyl/N-ethyl adjacent to an activating group) is 1. The Hall–Kier alpha value is -0.620. The molecule has 1 unspecified atom stereocenters. The summed E-state index contributed by atoms with van der Waals surface area (Å²) in [6.07, 6.45) is 2.02. The van der Waals surface area contributed by atoms with Crippen molar-refractivity contribution in [1.82, 2.24) is 4.31 Å². The third kappa shape index (κ3) is 4.45. The third-order valence-electron chi connectivity index (χ3n) is 3.10. The summed E-state index contributed by atoms with van der Waals surface area (Å²) in [6, 6.07) is 6.87. The highest BCUT2D eigenvalue weighted by Gasteiger charge is 2.24. The fraction of sp³-hybridized carbons (Fsp3) is 0.538. The molecule has 1 aromatic rings. The minimum atomic E-state index is -3.43. The zero-order chi connectivity index (χ0) is 13.8.